The zero-order valence-corrected chi connectivity index (χ0v) is 22.1. The Balaban J connectivity index is 2.88. The van der Waals surface area contributed by atoms with Gasteiger partial charge in [-0.15, -0.1) is 0 Å². The molecule has 16 heteroatoms. The first-order valence-electron chi connectivity index (χ1n) is 12.0. The maximum Gasteiger partial charge on any atom is 0.326 e. The number of nitrogens with two attached hydrogens (primary N) is 4. The Labute approximate surface area is 230 Å². The molecule has 0 saturated heterocycles. The number of primary amides is 1. The maximum atomic E-state index is 13.0. The van der Waals surface area contributed by atoms with Gasteiger partial charge in [-0.3, -0.25) is 24.2 Å². The van der Waals surface area contributed by atoms with Gasteiger partial charge in [0.2, 0.25) is 23.6 Å². The van der Waals surface area contributed by atoms with Crippen LogP contribution in [0.2, 0.25) is 0 Å². The number of nitrogens with one attached hydrogen (secondary N) is 3. The van der Waals surface area contributed by atoms with E-state index in [-0.39, 0.29) is 49.7 Å². The van der Waals surface area contributed by atoms with Crippen molar-refractivity contribution in [1.82, 2.24) is 16.0 Å². The first-order valence-corrected chi connectivity index (χ1v) is 12.6. The second kappa shape index (κ2) is 16.7. The molecule has 13 N–H and O–H groups in total. The minimum Gasteiger partial charge on any atom is -0.508 e. The Morgan fingerprint density at radius 2 is 1.44 bits per heavy atom. The number of aliphatic imine (C=N–C) groups is 1. The van der Waals surface area contributed by atoms with E-state index >= 15 is 0 Å². The number of thiol groups is 1. The highest BCUT2D eigenvalue weighted by Gasteiger charge is 2.30. The quantitative estimate of drug-likeness (QED) is 0.0394. The molecule has 0 fully saturated rings. The molecule has 4 atom stereocenters. The van der Waals surface area contributed by atoms with Crippen LogP contribution in [0, 0.1) is 0 Å². The highest BCUT2D eigenvalue weighted by Crippen LogP contribution is 2.12. The maximum absolute atomic E-state index is 13.0. The summed E-state index contributed by atoms with van der Waals surface area (Å²) in [4.78, 5) is 65.1. The van der Waals surface area contributed by atoms with Crippen LogP contribution in [0.5, 0.6) is 5.75 Å². The molecule has 1 aromatic carbocycles. The van der Waals surface area contributed by atoms with Crippen molar-refractivity contribution in [3.8, 4) is 5.75 Å². The molecule has 1 rings (SSSR count). The summed E-state index contributed by atoms with van der Waals surface area (Å²) in [7, 11) is 0. The van der Waals surface area contributed by atoms with E-state index in [1.165, 1.54) is 24.3 Å². The van der Waals surface area contributed by atoms with Crippen LogP contribution in [0.3, 0.4) is 0 Å². The third-order valence-electron chi connectivity index (χ3n) is 5.42. The van der Waals surface area contributed by atoms with Crippen LogP contribution in [0.4, 0.5) is 0 Å². The van der Waals surface area contributed by atoms with E-state index in [4.69, 9.17) is 22.9 Å². The fourth-order valence-electron chi connectivity index (χ4n) is 3.29. The van der Waals surface area contributed by atoms with Crippen molar-refractivity contribution in [2.75, 3.05) is 12.3 Å². The van der Waals surface area contributed by atoms with E-state index in [0.29, 0.717) is 12.0 Å². The van der Waals surface area contributed by atoms with Crippen LogP contribution in [0.25, 0.3) is 0 Å². The van der Waals surface area contributed by atoms with Gasteiger partial charge in [0.15, 0.2) is 5.96 Å². The second-order valence-electron chi connectivity index (χ2n) is 8.64. The number of hydrogen-bond donors (Lipinski definition) is 10. The van der Waals surface area contributed by atoms with Crippen molar-refractivity contribution < 1.29 is 34.2 Å². The number of carbonyl (C=O) groups is 5. The SMILES string of the molecule is NC(=O)CCC(NC(=O)C(CS)NC(=O)C(N)CCCN=C(N)N)C(=O)NC(Cc1ccc(O)cc1)C(=O)O. The Morgan fingerprint density at radius 1 is 0.872 bits per heavy atom. The Morgan fingerprint density at radius 3 is 1.97 bits per heavy atom. The highest BCUT2D eigenvalue weighted by atomic mass is 32.1. The smallest absolute Gasteiger partial charge is 0.326 e. The van der Waals surface area contributed by atoms with Crippen molar-refractivity contribution in [3.05, 3.63) is 29.8 Å². The van der Waals surface area contributed by atoms with Gasteiger partial charge in [-0.25, -0.2) is 4.79 Å². The van der Waals surface area contributed by atoms with Crippen LogP contribution >= 0.6 is 12.6 Å². The van der Waals surface area contributed by atoms with Crippen molar-refractivity contribution >= 4 is 48.2 Å². The van der Waals surface area contributed by atoms with Crippen LogP contribution < -0.4 is 38.9 Å². The number of aromatic hydroxyl groups is 1. The molecule has 0 aromatic heterocycles. The van der Waals surface area contributed by atoms with Gasteiger partial charge in [-0.2, -0.15) is 12.6 Å². The normalized spacial score (nSPS) is 13.7. The molecule has 1 aromatic rings. The number of nitrogens with zero attached hydrogens (tertiary/aromatic N) is 1. The predicted octanol–water partition coefficient (Wildman–Crippen LogP) is -2.95. The van der Waals surface area contributed by atoms with Crippen LogP contribution in [-0.2, 0) is 30.4 Å². The van der Waals surface area contributed by atoms with Gasteiger partial charge in [0.25, 0.3) is 0 Å². The standard InChI is InChI=1S/C23H36N8O7S/c24-14(2-1-9-28-23(26)27)19(34)31-17(11-39)21(36)29-15(7-8-18(25)33)20(35)30-16(22(37)38)10-12-3-5-13(32)6-4-12/h3-6,14-17,32,39H,1-2,7-11,24H2,(H2,25,33)(H,29,36)(H,30,35)(H,31,34)(H,37,38)(H4,26,27,28). The van der Waals surface area contributed by atoms with Gasteiger partial charge >= 0.3 is 5.97 Å². The second-order valence-corrected chi connectivity index (χ2v) is 9.00. The average Bonchev–Trinajstić information content (AvgIpc) is 2.87. The third-order valence-corrected chi connectivity index (χ3v) is 5.79. The van der Waals surface area contributed by atoms with Gasteiger partial charge in [0.05, 0.1) is 6.04 Å². The molecule has 0 heterocycles. The summed E-state index contributed by atoms with van der Waals surface area (Å²) in [6.07, 6.45) is 0.0100. The van der Waals surface area contributed by atoms with E-state index < -0.39 is 53.8 Å². The van der Waals surface area contributed by atoms with Crippen LogP contribution in [0.15, 0.2) is 29.3 Å². The van der Waals surface area contributed by atoms with Gasteiger partial charge in [0, 0.05) is 25.1 Å². The van der Waals surface area contributed by atoms with Crippen molar-refractivity contribution in [2.45, 2.75) is 56.3 Å². The number of hydrogen-bond acceptors (Lipinski definition) is 9. The molecular formula is C23H36N8O7S. The summed E-state index contributed by atoms with van der Waals surface area (Å²) >= 11 is 4.08. The molecule has 0 saturated carbocycles. The van der Waals surface area contributed by atoms with E-state index in [9.17, 15) is 34.2 Å². The third kappa shape index (κ3) is 12.8. The molecule has 0 spiro atoms. The summed E-state index contributed by atoms with van der Waals surface area (Å²) in [6, 6.07) is 0.832. The monoisotopic (exact) mass is 568 g/mol. The molecule has 216 valence electrons. The number of rotatable bonds is 17. The van der Waals surface area contributed by atoms with Crippen LogP contribution in [0.1, 0.15) is 31.2 Å². The number of aliphatic carboxylic acids is 1. The van der Waals surface area contributed by atoms with Crippen molar-refractivity contribution in [1.29, 1.82) is 0 Å². The average molecular weight is 569 g/mol. The zero-order valence-electron chi connectivity index (χ0n) is 21.2. The zero-order chi connectivity index (χ0) is 29.5. The summed E-state index contributed by atoms with van der Waals surface area (Å²) in [5, 5.41) is 26.2. The lowest BCUT2D eigenvalue weighted by Crippen LogP contribution is -2.58. The molecule has 0 bridgehead atoms. The topological polar surface area (TPSA) is 278 Å². The van der Waals surface area contributed by atoms with Crippen LogP contribution in [-0.4, -0.2) is 82.2 Å². The fourth-order valence-corrected chi connectivity index (χ4v) is 3.55. The van der Waals surface area contributed by atoms with E-state index in [2.05, 4.69) is 33.6 Å². The van der Waals surface area contributed by atoms with Crippen molar-refractivity contribution in [2.24, 2.45) is 27.9 Å². The number of carboxylic acids is 1. The number of guanidine groups is 1. The molecule has 0 aliphatic heterocycles. The van der Waals surface area contributed by atoms with E-state index in [1.807, 2.05) is 0 Å². The first-order chi connectivity index (χ1) is 18.3. The summed E-state index contributed by atoms with van der Waals surface area (Å²) in [6.45, 7) is 0.264. The van der Waals surface area contributed by atoms with Gasteiger partial charge in [-0.1, -0.05) is 12.1 Å². The molecule has 15 nitrogen and oxygen atoms in total. The number of phenolic OH excluding ortho intramolecular Hbond substituents is 1. The number of carboxylic acid groups (broad SMARTS) is 1. The Kier molecular flexibility index (Phi) is 14.1. The number of amides is 4. The lowest BCUT2D eigenvalue weighted by Gasteiger charge is -2.24. The van der Waals surface area contributed by atoms with Gasteiger partial charge < -0.3 is 49.1 Å². The molecule has 0 radical (unpaired) electrons. The molecule has 4 amide bonds. The molecule has 0 aliphatic rings. The summed E-state index contributed by atoms with van der Waals surface area (Å²) in [5.74, 6) is -4.67. The van der Waals surface area contributed by atoms with E-state index in [0.717, 1.165) is 0 Å². The first kappa shape index (κ1) is 33.0. The highest BCUT2D eigenvalue weighted by molar-refractivity contribution is 7.80. The molecule has 39 heavy (non-hydrogen) atoms. The minimum absolute atomic E-state index is 0.0124. The summed E-state index contributed by atoms with van der Waals surface area (Å²) in [5.41, 5.74) is 22.0. The lowest BCUT2D eigenvalue weighted by molar-refractivity contribution is -0.142. The molecule has 4 unspecified atom stereocenters. The van der Waals surface area contributed by atoms with E-state index in [1.54, 1.807) is 0 Å². The molecular weight excluding hydrogens is 532 g/mol. The predicted molar refractivity (Wildman–Crippen MR) is 145 cm³/mol. The Bertz CT molecular complexity index is 1030. The number of benzene rings is 1. The van der Waals surface area contributed by atoms with Crippen molar-refractivity contribution in [3.63, 3.8) is 0 Å². The lowest BCUT2D eigenvalue weighted by atomic mass is 10.0. The minimum atomic E-state index is -1.38. The Hall–Kier alpha value is -4.05. The number of phenols is 1. The fraction of sp³-hybridized carbons (Fsp3) is 0.478. The number of carbonyl (C=O) groups excluding carboxylic acids is 4. The largest absolute Gasteiger partial charge is 0.508 e. The van der Waals surface area contributed by atoms with Gasteiger partial charge in [-0.05, 0) is 37.0 Å². The summed E-state index contributed by atoms with van der Waals surface area (Å²) < 4.78 is 0. The van der Waals surface area contributed by atoms with Gasteiger partial charge in [0.1, 0.15) is 23.9 Å². The molecule has 0 aliphatic carbocycles.